The minimum Gasteiger partial charge on any atom is -0.481 e. The first kappa shape index (κ1) is 18.1. The molecule has 2 N–H and O–H groups in total. The summed E-state index contributed by atoms with van der Waals surface area (Å²) in [4.78, 5) is 12.1. The molecular formula is C15H22Cl2N2O2. The molecule has 2 atom stereocenters. The average molecular weight is 333 g/mol. The van der Waals surface area contributed by atoms with Crippen LogP contribution in [0.3, 0.4) is 0 Å². The molecule has 0 aliphatic carbocycles. The van der Waals surface area contributed by atoms with Crippen LogP contribution in [0.5, 0.6) is 5.75 Å². The number of carbonyl (C=O) groups excluding carboxylic acids is 1. The first-order valence-electron chi connectivity index (χ1n) is 7.00. The number of benzene rings is 1. The number of hydrogen-bond donors (Lipinski definition) is 2. The lowest BCUT2D eigenvalue weighted by Gasteiger charge is -2.25. The average Bonchev–Trinajstić information content (AvgIpc) is 2.44. The fraction of sp³-hybridized carbons (Fsp3) is 0.533. The molecule has 118 valence electrons. The third-order valence-corrected chi connectivity index (χ3v) is 3.88. The third-order valence-electron chi connectivity index (χ3n) is 3.45. The zero-order valence-electron chi connectivity index (χ0n) is 12.3. The van der Waals surface area contributed by atoms with E-state index in [9.17, 15) is 4.79 Å². The van der Waals surface area contributed by atoms with E-state index in [2.05, 4.69) is 10.6 Å². The van der Waals surface area contributed by atoms with E-state index in [1.54, 1.807) is 19.1 Å². The van der Waals surface area contributed by atoms with E-state index in [4.69, 9.17) is 16.3 Å². The third kappa shape index (κ3) is 5.38. The number of rotatable bonds is 4. The van der Waals surface area contributed by atoms with Gasteiger partial charge in [-0.05, 0) is 57.0 Å². The molecule has 0 spiro atoms. The minimum atomic E-state index is -0.516. The summed E-state index contributed by atoms with van der Waals surface area (Å²) in [6.45, 7) is 5.53. The maximum atomic E-state index is 12.1. The maximum absolute atomic E-state index is 12.1. The summed E-state index contributed by atoms with van der Waals surface area (Å²) in [7, 11) is 0. The van der Waals surface area contributed by atoms with Gasteiger partial charge in [-0.3, -0.25) is 4.79 Å². The Balaban J connectivity index is 0.00000220. The van der Waals surface area contributed by atoms with Crippen LogP contribution in [-0.2, 0) is 4.79 Å². The van der Waals surface area contributed by atoms with Gasteiger partial charge in [0.25, 0.3) is 5.91 Å². The molecule has 1 aliphatic heterocycles. The van der Waals surface area contributed by atoms with Crippen LogP contribution in [0.2, 0.25) is 5.02 Å². The van der Waals surface area contributed by atoms with Crippen LogP contribution in [-0.4, -0.2) is 31.1 Å². The van der Waals surface area contributed by atoms with Gasteiger partial charge in [-0.15, -0.1) is 12.4 Å². The highest BCUT2D eigenvalue weighted by Crippen LogP contribution is 2.21. The van der Waals surface area contributed by atoms with Crippen LogP contribution in [0.15, 0.2) is 18.2 Å². The molecule has 1 saturated heterocycles. The van der Waals surface area contributed by atoms with Crippen LogP contribution in [0.4, 0.5) is 0 Å². The Morgan fingerprint density at radius 1 is 1.52 bits per heavy atom. The van der Waals surface area contributed by atoms with Crippen LogP contribution in [0.25, 0.3) is 0 Å². The van der Waals surface area contributed by atoms with E-state index in [0.29, 0.717) is 10.8 Å². The Hall–Kier alpha value is -0.970. The molecule has 21 heavy (non-hydrogen) atoms. The van der Waals surface area contributed by atoms with E-state index in [-0.39, 0.29) is 24.4 Å². The van der Waals surface area contributed by atoms with Crippen molar-refractivity contribution in [2.75, 3.05) is 13.1 Å². The van der Waals surface area contributed by atoms with E-state index in [0.717, 1.165) is 31.5 Å². The first-order chi connectivity index (χ1) is 9.56. The molecule has 2 rings (SSSR count). The molecule has 1 fully saturated rings. The van der Waals surface area contributed by atoms with Gasteiger partial charge in [0.05, 0.1) is 0 Å². The number of amides is 1. The van der Waals surface area contributed by atoms with Crippen molar-refractivity contribution < 1.29 is 9.53 Å². The van der Waals surface area contributed by atoms with Gasteiger partial charge in [0.15, 0.2) is 6.10 Å². The zero-order chi connectivity index (χ0) is 14.5. The summed E-state index contributed by atoms with van der Waals surface area (Å²) < 4.78 is 5.66. The fourth-order valence-corrected chi connectivity index (χ4v) is 2.36. The van der Waals surface area contributed by atoms with Crippen LogP contribution >= 0.6 is 24.0 Å². The molecule has 1 amide bonds. The molecule has 0 radical (unpaired) electrons. The number of halogens is 2. The van der Waals surface area contributed by atoms with Crippen LogP contribution < -0.4 is 15.4 Å². The number of aryl methyl sites for hydroxylation is 1. The lowest BCUT2D eigenvalue weighted by atomic mass is 10.1. The summed E-state index contributed by atoms with van der Waals surface area (Å²) in [6.07, 6.45) is 1.60. The largest absolute Gasteiger partial charge is 0.481 e. The Morgan fingerprint density at radius 2 is 2.29 bits per heavy atom. The van der Waals surface area contributed by atoms with Gasteiger partial charge >= 0.3 is 0 Å². The van der Waals surface area contributed by atoms with Gasteiger partial charge < -0.3 is 15.4 Å². The highest BCUT2D eigenvalue weighted by Gasteiger charge is 2.20. The van der Waals surface area contributed by atoms with Gasteiger partial charge in [0, 0.05) is 17.6 Å². The minimum absolute atomic E-state index is 0. The highest BCUT2D eigenvalue weighted by molar-refractivity contribution is 6.31. The Bertz CT molecular complexity index is 477. The number of piperidine rings is 1. The van der Waals surface area contributed by atoms with Gasteiger partial charge in [-0.25, -0.2) is 0 Å². The molecule has 0 aromatic heterocycles. The smallest absolute Gasteiger partial charge is 0.261 e. The number of nitrogens with one attached hydrogen (secondary N) is 2. The van der Waals surface area contributed by atoms with Crippen molar-refractivity contribution in [2.24, 2.45) is 0 Å². The van der Waals surface area contributed by atoms with Gasteiger partial charge in [-0.1, -0.05) is 11.6 Å². The molecule has 1 aliphatic rings. The quantitative estimate of drug-likeness (QED) is 0.891. The molecule has 1 heterocycles. The normalized spacial score (nSPS) is 19.3. The zero-order valence-corrected chi connectivity index (χ0v) is 13.9. The van der Waals surface area contributed by atoms with Crippen molar-refractivity contribution >= 4 is 29.9 Å². The van der Waals surface area contributed by atoms with Crippen molar-refractivity contribution in [3.8, 4) is 5.75 Å². The van der Waals surface area contributed by atoms with E-state index < -0.39 is 6.10 Å². The van der Waals surface area contributed by atoms with Gasteiger partial charge in [-0.2, -0.15) is 0 Å². The van der Waals surface area contributed by atoms with E-state index >= 15 is 0 Å². The molecule has 0 saturated carbocycles. The molecule has 1 aromatic carbocycles. The van der Waals surface area contributed by atoms with Crippen molar-refractivity contribution in [1.29, 1.82) is 0 Å². The first-order valence-corrected chi connectivity index (χ1v) is 7.38. The van der Waals surface area contributed by atoms with Crippen LogP contribution in [0.1, 0.15) is 25.3 Å². The fourth-order valence-electron chi connectivity index (χ4n) is 2.24. The summed E-state index contributed by atoms with van der Waals surface area (Å²) >= 11 is 5.97. The summed E-state index contributed by atoms with van der Waals surface area (Å²) in [6, 6.07) is 5.60. The number of ether oxygens (including phenoxy) is 1. The predicted molar refractivity (Wildman–Crippen MR) is 87.6 cm³/mol. The monoisotopic (exact) mass is 332 g/mol. The maximum Gasteiger partial charge on any atom is 0.261 e. The molecule has 1 aromatic rings. The topological polar surface area (TPSA) is 50.4 Å². The van der Waals surface area contributed by atoms with Gasteiger partial charge in [0.2, 0.25) is 0 Å². The second kappa shape index (κ2) is 8.47. The molecular weight excluding hydrogens is 311 g/mol. The Kier molecular flexibility index (Phi) is 7.29. The second-order valence-corrected chi connectivity index (χ2v) is 5.63. The Morgan fingerprint density at radius 3 is 2.90 bits per heavy atom. The lowest BCUT2D eigenvalue weighted by molar-refractivity contribution is -0.128. The van der Waals surface area contributed by atoms with Gasteiger partial charge in [0.1, 0.15) is 5.75 Å². The molecule has 4 nitrogen and oxygen atoms in total. The van der Waals surface area contributed by atoms with Crippen LogP contribution in [0, 0.1) is 6.92 Å². The predicted octanol–water partition coefficient (Wildman–Crippen LogP) is 2.71. The van der Waals surface area contributed by atoms with E-state index in [1.165, 1.54) is 0 Å². The standard InChI is InChI=1S/C15H21ClN2O2.ClH/c1-10-8-13(5-6-14(10)16)20-11(2)15(19)18-12-4-3-7-17-9-12;/h5-6,8,11-12,17H,3-4,7,9H2,1-2H3,(H,18,19);1H/t11?,12-;/m0./s1. The summed E-state index contributed by atoms with van der Waals surface area (Å²) in [5.74, 6) is 0.586. The van der Waals surface area contributed by atoms with Crippen molar-refractivity contribution in [2.45, 2.75) is 38.8 Å². The SMILES string of the molecule is Cc1cc(OC(C)C(=O)N[C@H]2CCCNC2)ccc1Cl.Cl. The summed E-state index contributed by atoms with van der Waals surface area (Å²) in [5, 5.41) is 6.98. The van der Waals surface area contributed by atoms with E-state index in [1.807, 2.05) is 13.0 Å². The number of hydrogen-bond acceptors (Lipinski definition) is 3. The van der Waals surface area contributed by atoms with Crippen molar-refractivity contribution in [1.82, 2.24) is 10.6 Å². The highest BCUT2D eigenvalue weighted by atomic mass is 35.5. The molecule has 0 bridgehead atoms. The number of carbonyl (C=O) groups is 1. The second-order valence-electron chi connectivity index (χ2n) is 5.22. The van der Waals surface area contributed by atoms with Crippen molar-refractivity contribution in [3.63, 3.8) is 0 Å². The molecule has 1 unspecified atom stereocenters. The van der Waals surface area contributed by atoms with Crippen molar-refractivity contribution in [3.05, 3.63) is 28.8 Å². The molecule has 6 heteroatoms. The Labute approximate surface area is 137 Å². The lowest BCUT2D eigenvalue weighted by Crippen LogP contribution is -2.49. The summed E-state index contributed by atoms with van der Waals surface area (Å²) in [5.41, 5.74) is 0.938.